The van der Waals surface area contributed by atoms with Gasteiger partial charge >= 0.3 is 11.7 Å². The molecule has 1 aliphatic carbocycles. The predicted molar refractivity (Wildman–Crippen MR) is 145 cm³/mol. The number of hydroxylamine groups is 1. The molecule has 1 saturated carbocycles. The van der Waals surface area contributed by atoms with Crippen molar-refractivity contribution >= 4 is 30.1 Å². The fourth-order valence-electron chi connectivity index (χ4n) is 4.60. The van der Waals surface area contributed by atoms with Gasteiger partial charge in [-0.15, -0.1) is 0 Å². The van der Waals surface area contributed by atoms with Gasteiger partial charge in [0.1, 0.15) is 30.1 Å². The van der Waals surface area contributed by atoms with Crippen molar-refractivity contribution in [2.45, 2.75) is 82.2 Å². The third-order valence-electron chi connectivity index (χ3n) is 6.92. The van der Waals surface area contributed by atoms with Crippen LogP contribution in [0.3, 0.4) is 0 Å². The number of esters is 1. The minimum atomic E-state index is -3.34. The Balaban J connectivity index is 1.47. The molecule has 0 radical (unpaired) electrons. The maximum absolute atomic E-state index is 15.5. The first kappa shape index (κ1) is 30.6. The number of H-pyrrole nitrogens is 1. The first-order chi connectivity index (χ1) is 19.0. The number of hydrogen-bond donors (Lipinski definition) is 2. The molecular formula is C25H32BrFN3O9P. The highest BCUT2D eigenvalue weighted by Gasteiger charge is 2.55. The molecule has 1 saturated heterocycles. The molecular weight excluding hydrogens is 616 g/mol. The van der Waals surface area contributed by atoms with Crippen molar-refractivity contribution < 1.29 is 37.7 Å². The summed E-state index contributed by atoms with van der Waals surface area (Å²) in [7, 11) is -3.34. The number of aliphatic hydroxyl groups is 1. The molecule has 0 amide bonds. The van der Waals surface area contributed by atoms with Crippen LogP contribution in [0, 0.1) is 0 Å². The van der Waals surface area contributed by atoms with Gasteiger partial charge in [0.25, 0.3) is 13.7 Å². The molecule has 40 heavy (non-hydrogen) atoms. The van der Waals surface area contributed by atoms with Crippen molar-refractivity contribution in [3.05, 3.63) is 61.8 Å². The van der Waals surface area contributed by atoms with E-state index in [0.717, 1.165) is 65.2 Å². The third kappa shape index (κ3) is 7.10. The standard InChI is InChI=1S/C25H32BrFN3O9P/c1-15(22(33)37-17-6-4-3-5-7-17)30(39-18-10-8-16(26)9-11-18)40(35)36-14-19-21(32)25(2,27)23(38-19)29-13-12-20(31)28-24(29)34/h8-13,15,17,19,21,23,32,40H,3-7,14H2,1-2H3,(H,28,31,34)/t15?,19-,21-,23-,25-/m1/s1. The zero-order valence-corrected chi connectivity index (χ0v) is 24.5. The predicted octanol–water partition coefficient (Wildman–Crippen LogP) is 3.25. The van der Waals surface area contributed by atoms with Crippen molar-refractivity contribution in [3.8, 4) is 5.75 Å². The van der Waals surface area contributed by atoms with Gasteiger partial charge in [0.2, 0.25) is 0 Å². The maximum Gasteiger partial charge on any atom is 0.330 e. The fraction of sp³-hybridized carbons (Fsp3) is 0.560. The number of aromatic nitrogens is 2. The number of aromatic amines is 1. The summed E-state index contributed by atoms with van der Waals surface area (Å²) in [4.78, 5) is 45.2. The normalized spacial score (nSPS) is 26.9. The van der Waals surface area contributed by atoms with Crippen molar-refractivity contribution in [1.82, 2.24) is 14.4 Å². The molecule has 2 aromatic rings. The van der Waals surface area contributed by atoms with Gasteiger partial charge in [-0.05, 0) is 63.8 Å². The molecule has 12 nitrogen and oxygen atoms in total. The minimum Gasteiger partial charge on any atom is -0.461 e. The molecule has 4 rings (SSSR count). The first-order valence-electron chi connectivity index (χ1n) is 12.9. The summed E-state index contributed by atoms with van der Waals surface area (Å²) in [6.45, 7) is 1.95. The molecule has 1 aromatic heterocycles. The van der Waals surface area contributed by atoms with Crippen LogP contribution in [-0.4, -0.2) is 62.1 Å². The summed E-state index contributed by atoms with van der Waals surface area (Å²) in [6, 6.07) is 6.46. The van der Waals surface area contributed by atoms with E-state index < -0.39 is 62.2 Å². The Morgan fingerprint density at radius 1 is 1.27 bits per heavy atom. The molecule has 2 aliphatic rings. The molecule has 2 unspecified atom stereocenters. The van der Waals surface area contributed by atoms with Crippen molar-refractivity contribution in [2.24, 2.45) is 0 Å². The Bertz CT molecular complexity index is 1320. The van der Waals surface area contributed by atoms with Gasteiger partial charge in [-0.2, -0.15) is 0 Å². The van der Waals surface area contributed by atoms with Crippen LogP contribution in [0.15, 0.2) is 50.6 Å². The zero-order chi connectivity index (χ0) is 29.0. The second kappa shape index (κ2) is 13.1. The lowest BCUT2D eigenvalue weighted by Crippen LogP contribution is -2.43. The molecule has 220 valence electrons. The Morgan fingerprint density at radius 2 is 1.95 bits per heavy atom. The lowest BCUT2D eigenvalue weighted by Gasteiger charge is -2.29. The Labute approximate surface area is 238 Å². The van der Waals surface area contributed by atoms with E-state index in [9.17, 15) is 24.1 Å². The quantitative estimate of drug-likeness (QED) is 0.223. The fourth-order valence-corrected chi connectivity index (χ4v) is 5.90. The molecule has 15 heteroatoms. The molecule has 0 spiro atoms. The van der Waals surface area contributed by atoms with Crippen LogP contribution in [0.5, 0.6) is 5.75 Å². The largest absolute Gasteiger partial charge is 0.461 e. The highest BCUT2D eigenvalue weighted by atomic mass is 79.9. The average molecular weight is 648 g/mol. The monoisotopic (exact) mass is 647 g/mol. The van der Waals surface area contributed by atoms with Crippen molar-refractivity contribution in [3.63, 3.8) is 0 Å². The zero-order valence-electron chi connectivity index (χ0n) is 22.0. The van der Waals surface area contributed by atoms with Crippen molar-refractivity contribution in [1.29, 1.82) is 0 Å². The van der Waals surface area contributed by atoms with E-state index in [1.165, 1.54) is 6.92 Å². The number of carbonyl (C=O) groups excluding carboxylic acids is 1. The van der Waals surface area contributed by atoms with Gasteiger partial charge in [0.15, 0.2) is 11.9 Å². The van der Waals surface area contributed by atoms with Crippen LogP contribution < -0.4 is 16.1 Å². The molecule has 0 bridgehead atoms. The number of hydrogen-bond acceptors (Lipinski definition) is 9. The van der Waals surface area contributed by atoms with E-state index in [0.29, 0.717) is 0 Å². The van der Waals surface area contributed by atoms with Gasteiger partial charge in [0, 0.05) is 16.7 Å². The van der Waals surface area contributed by atoms with Crippen LogP contribution in [-0.2, 0) is 23.4 Å². The number of carbonyl (C=O) groups is 1. The third-order valence-corrected chi connectivity index (χ3v) is 8.70. The molecule has 1 aromatic carbocycles. The highest BCUT2D eigenvalue weighted by molar-refractivity contribution is 9.10. The van der Waals surface area contributed by atoms with E-state index in [1.807, 2.05) is 4.98 Å². The maximum atomic E-state index is 15.5. The van der Waals surface area contributed by atoms with Crippen LogP contribution in [0.25, 0.3) is 0 Å². The van der Waals surface area contributed by atoms with Gasteiger partial charge in [0.05, 0.1) is 6.61 Å². The van der Waals surface area contributed by atoms with E-state index >= 15 is 4.39 Å². The molecule has 2 N–H and O–H groups in total. The van der Waals surface area contributed by atoms with Crippen LogP contribution in [0.1, 0.15) is 52.2 Å². The van der Waals surface area contributed by atoms with E-state index in [-0.39, 0.29) is 11.9 Å². The van der Waals surface area contributed by atoms with Gasteiger partial charge in [-0.1, -0.05) is 27.2 Å². The number of alkyl halides is 1. The van der Waals surface area contributed by atoms with E-state index in [1.54, 1.807) is 24.3 Å². The van der Waals surface area contributed by atoms with Crippen LogP contribution in [0.4, 0.5) is 4.39 Å². The number of ether oxygens (including phenoxy) is 2. The second-order valence-electron chi connectivity index (χ2n) is 9.96. The number of halogens is 2. The molecule has 1 aliphatic heterocycles. The number of nitrogens with zero attached hydrogens (tertiary/aromatic N) is 2. The second-order valence-corrected chi connectivity index (χ2v) is 12.1. The summed E-state index contributed by atoms with van der Waals surface area (Å²) in [5.41, 5.74) is -4.07. The lowest BCUT2D eigenvalue weighted by atomic mass is 9.98. The van der Waals surface area contributed by atoms with Gasteiger partial charge in [-0.25, -0.2) is 9.18 Å². The summed E-state index contributed by atoms with van der Waals surface area (Å²) in [6.07, 6.45) is 0.577. The number of nitrogens with one attached hydrogen (secondary N) is 1. The van der Waals surface area contributed by atoms with Crippen LogP contribution >= 0.6 is 24.1 Å². The number of rotatable bonds is 10. The van der Waals surface area contributed by atoms with Crippen LogP contribution in [0.2, 0.25) is 0 Å². The van der Waals surface area contributed by atoms with Crippen molar-refractivity contribution in [2.75, 3.05) is 6.61 Å². The van der Waals surface area contributed by atoms with Gasteiger partial charge < -0.3 is 23.9 Å². The minimum absolute atomic E-state index is 0.237. The number of aliphatic hydroxyl groups excluding tert-OH is 1. The number of benzene rings is 1. The highest BCUT2D eigenvalue weighted by Crippen LogP contribution is 2.42. The molecule has 2 heterocycles. The smallest absolute Gasteiger partial charge is 0.330 e. The summed E-state index contributed by atoms with van der Waals surface area (Å²) >= 11 is 3.32. The lowest BCUT2D eigenvalue weighted by molar-refractivity contribution is -0.162. The average Bonchev–Trinajstić information content (AvgIpc) is 3.15. The Kier molecular flexibility index (Phi) is 10.0. The summed E-state index contributed by atoms with van der Waals surface area (Å²) in [5, 5.41) is 10.6. The molecule has 6 atom stereocenters. The first-order valence-corrected chi connectivity index (χ1v) is 15.0. The Hall–Kier alpha value is -2.35. The van der Waals surface area contributed by atoms with E-state index in [2.05, 4.69) is 15.9 Å². The van der Waals surface area contributed by atoms with Gasteiger partial charge in [-0.3, -0.25) is 23.7 Å². The SMILES string of the molecule is CC(C(=O)OC1CCCCC1)N(Oc1ccc(Br)cc1)[PH](=O)OC[C@H]1O[C@@H](n2ccc(=O)[nH]c2=O)[C@](C)(F)[C@@H]1O. The van der Waals surface area contributed by atoms with E-state index in [4.69, 9.17) is 18.8 Å². The summed E-state index contributed by atoms with van der Waals surface area (Å²) < 4.78 is 47.1. The Morgan fingerprint density at radius 3 is 2.60 bits per heavy atom. The summed E-state index contributed by atoms with van der Waals surface area (Å²) in [5.74, 6) is -0.370. The topological polar surface area (TPSA) is 149 Å². The molecule has 2 fully saturated rings.